The van der Waals surface area contributed by atoms with E-state index in [4.69, 9.17) is 15.6 Å². The maximum atomic E-state index is 11.0. The smallest absolute Gasteiger partial charge is 0.339 e. The van der Waals surface area contributed by atoms with Crippen molar-refractivity contribution in [3.8, 4) is 5.75 Å². The van der Waals surface area contributed by atoms with E-state index in [1.54, 1.807) is 23.5 Å². The van der Waals surface area contributed by atoms with E-state index in [1.807, 2.05) is 17.5 Å². The molecule has 1 aromatic carbocycles. The van der Waals surface area contributed by atoms with Crippen LogP contribution in [0.25, 0.3) is 0 Å². The zero-order valence-electron chi connectivity index (χ0n) is 9.63. The molecule has 0 bridgehead atoms. The van der Waals surface area contributed by atoms with E-state index in [9.17, 15) is 4.79 Å². The number of anilines is 1. The third kappa shape index (κ3) is 2.81. The second-order valence-electron chi connectivity index (χ2n) is 3.71. The Bertz CT molecular complexity index is 537. The maximum Gasteiger partial charge on any atom is 0.339 e. The van der Waals surface area contributed by atoms with E-state index in [2.05, 4.69) is 0 Å². The summed E-state index contributed by atoms with van der Waals surface area (Å²) in [5.74, 6) is -0.782. The molecule has 0 aliphatic heterocycles. The number of ether oxygens (including phenoxy) is 1. The van der Waals surface area contributed by atoms with E-state index in [-0.39, 0.29) is 11.3 Å². The summed E-state index contributed by atoms with van der Waals surface area (Å²) < 4.78 is 5.50. The lowest BCUT2D eigenvalue weighted by atomic mass is 10.2. The highest BCUT2D eigenvalue weighted by atomic mass is 32.1. The minimum absolute atomic E-state index is 0.0983. The maximum absolute atomic E-state index is 11.0. The predicted molar refractivity (Wildman–Crippen MR) is 71.3 cm³/mol. The molecule has 2 rings (SSSR count). The summed E-state index contributed by atoms with van der Waals surface area (Å²) in [6, 6.07) is 8.71. The third-order valence-electron chi connectivity index (χ3n) is 2.45. The first-order valence-corrected chi connectivity index (χ1v) is 6.33. The van der Waals surface area contributed by atoms with Crippen molar-refractivity contribution in [1.29, 1.82) is 0 Å². The SMILES string of the molecule is Nc1cccc(C(=O)O)c1OCCc1cccs1. The van der Waals surface area contributed by atoms with E-state index < -0.39 is 5.97 Å². The molecule has 0 amide bonds. The number of aromatic carboxylic acids is 1. The van der Waals surface area contributed by atoms with E-state index in [0.29, 0.717) is 12.3 Å². The first-order valence-electron chi connectivity index (χ1n) is 5.45. The highest BCUT2D eigenvalue weighted by molar-refractivity contribution is 7.09. The van der Waals surface area contributed by atoms with Gasteiger partial charge in [-0.3, -0.25) is 0 Å². The van der Waals surface area contributed by atoms with Crippen molar-refractivity contribution in [2.75, 3.05) is 12.3 Å². The fourth-order valence-electron chi connectivity index (χ4n) is 1.59. The van der Waals surface area contributed by atoms with E-state index in [0.717, 1.165) is 6.42 Å². The number of hydrogen-bond donors (Lipinski definition) is 2. The molecular weight excluding hydrogens is 250 g/mol. The summed E-state index contributed by atoms with van der Waals surface area (Å²) in [7, 11) is 0. The molecule has 0 fully saturated rings. The Labute approximate surface area is 109 Å². The van der Waals surface area contributed by atoms with Gasteiger partial charge in [0.1, 0.15) is 5.56 Å². The van der Waals surface area contributed by atoms with Gasteiger partial charge in [-0.1, -0.05) is 12.1 Å². The molecule has 1 heterocycles. The van der Waals surface area contributed by atoms with E-state index >= 15 is 0 Å². The number of carboxylic acids is 1. The zero-order valence-corrected chi connectivity index (χ0v) is 10.4. The van der Waals surface area contributed by atoms with Crippen LogP contribution >= 0.6 is 11.3 Å². The number of benzene rings is 1. The number of nitrogen functional groups attached to an aromatic ring is 1. The Morgan fingerprint density at radius 2 is 2.17 bits per heavy atom. The standard InChI is InChI=1S/C13H13NO3S/c14-11-5-1-4-10(13(15)16)12(11)17-7-6-9-3-2-8-18-9/h1-5,8H,6-7,14H2,(H,15,16). The number of para-hydroxylation sites is 1. The number of hydrogen-bond acceptors (Lipinski definition) is 4. The number of carbonyl (C=O) groups is 1. The molecule has 0 unspecified atom stereocenters. The Morgan fingerprint density at radius 3 is 2.83 bits per heavy atom. The lowest BCUT2D eigenvalue weighted by Crippen LogP contribution is -2.08. The van der Waals surface area contributed by atoms with Gasteiger partial charge in [0.15, 0.2) is 5.75 Å². The first kappa shape index (κ1) is 12.4. The van der Waals surface area contributed by atoms with Crippen molar-refractivity contribution in [1.82, 2.24) is 0 Å². The molecule has 0 atom stereocenters. The van der Waals surface area contributed by atoms with Crippen LogP contribution in [0.4, 0.5) is 5.69 Å². The lowest BCUT2D eigenvalue weighted by molar-refractivity contribution is 0.0692. The average molecular weight is 263 g/mol. The molecule has 18 heavy (non-hydrogen) atoms. The first-order chi connectivity index (χ1) is 8.68. The number of nitrogens with two attached hydrogens (primary N) is 1. The van der Waals surface area contributed by atoms with Crippen LogP contribution < -0.4 is 10.5 Å². The number of thiophene rings is 1. The van der Waals surface area contributed by atoms with Crippen LogP contribution in [-0.2, 0) is 6.42 Å². The van der Waals surface area contributed by atoms with E-state index in [1.165, 1.54) is 10.9 Å². The van der Waals surface area contributed by atoms with Gasteiger partial charge in [0.2, 0.25) is 0 Å². The Morgan fingerprint density at radius 1 is 1.33 bits per heavy atom. The molecule has 1 aromatic heterocycles. The highest BCUT2D eigenvalue weighted by Gasteiger charge is 2.13. The van der Waals surface area contributed by atoms with Gasteiger partial charge in [-0.05, 0) is 23.6 Å². The minimum atomic E-state index is -1.03. The fourth-order valence-corrected chi connectivity index (χ4v) is 2.28. The summed E-state index contributed by atoms with van der Waals surface area (Å²) in [6.45, 7) is 0.412. The molecule has 0 saturated carbocycles. The van der Waals surface area contributed by atoms with Crippen LogP contribution in [-0.4, -0.2) is 17.7 Å². The quantitative estimate of drug-likeness (QED) is 0.813. The molecule has 94 valence electrons. The van der Waals surface area contributed by atoms with Crippen molar-refractivity contribution < 1.29 is 14.6 Å². The summed E-state index contributed by atoms with van der Waals surface area (Å²) in [4.78, 5) is 12.2. The zero-order chi connectivity index (χ0) is 13.0. The highest BCUT2D eigenvalue weighted by Crippen LogP contribution is 2.26. The molecular formula is C13H13NO3S. The van der Waals surface area contributed by atoms with Gasteiger partial charge in [0.05, 0.1) is 12.3 Å². The topological polar surface area (TPSA) is 72.6 Å². The van der Waals surface area contributed by atoms with Gasteiger partial charge in [0.25, 0.3) is 0 Å². The molecule has 0 radical (unpaired) electrons. The van der Waals surface area contributed by atoms with Crippen LogP contribution in [0.3, 0.4) is 0 Å². The van der Waals surface area contributed by atoms with Crippen LogP contribution in [0, 0.1) is 0 Å². The summed E-state index contributed by atoms with van der Waals surface area (Å²) in [5.41, 5.74) is 6.18. The van der Waals surface area contributed by atoms with Crippen molar-refractivity contribution in [3.63, 3.8) is 0 Å². The van der Waals surface area contributed by atoms with Crippen LogP contribution in [0.15, 0.2) is 35.7 Å². The molecule has 4 nitrogen and oxygen atoms in total. The van der Waals surface area contributed by atoms with Gasteiger partial charge in [0, 0.05) is 11.3 Å². The van der Waals surface area contributed by atoms with Crippen molar-refractivity contribution in [2.45, 2.75) is 6.42 Å². The summed E-state index contributed by atoms with van der Waals surface area (Å²) >= 11 is 1.65. The van der Waals surface area contributed by atoms with Crippen molar-refractivity contribution in [2.24, 2.45) is 0 Å². The molecule has 0 spiro atoms. The minimum Gasteiger partial charge on any atom is -0.490 e. The monoisotopic (exact) mass is 263 g/mol. The van der Waals surface area contributed by atoms with Gasteiger partial charge < -0.3 is 15.6 Å². The molecule has 0 saturated heterocycles. The summed E-state index contributed by atoms with van der Waals surface area (Å²) in [5, 5.41) is 11.0. The lowest BCUT2D eigenvalue weighted by Gasteiger charge is -2.11. The van der Waals surface area contributed by atoms with Gasteiger partial charge >= 0.3 is 5.97 Å². The largest absolute Gasteiger partial charge is 0.490 e. The van der Waals surface area contributed by atoms with Crippen LogP contribution in [0.1, 0.15) is 15.2 Å². The second-order valence-corrected chi connectivity index (χ2v) is 4.74. The number of rotatable bonds is 5. The second kappa shape index (κ2) is 5.55. The predicted octanol–water partition coefficient (Wildman–Crippen LogP) is 2.65. The fraction of sp³-hybridized carbons (Fsp3) is 0.154. The van der Waals surface area contributed by atoms with Crippen LogP contribution in [0.5, 0.6) is 5.75 Å². The molecule has 0 aliphatic carbocycles. The van der Waals surface area contributed by atoms with Crippen LogP contribution in [0.2, 0.25) is 0 Å². The van der Waals surface area contributed by atoms with Crippen molar-refractivity contribution in [3.05, 3.63) is 46.2 Å². The molecule has 3 N–H and O–H groups in total. The van der Waals surface area contributed by atoms with Gasteiger partial charge in [-0.25, -0.2) is 4.79 Å². The summed E-state index contributed by atoms with van der Waals surface area (Å²) in [6.07, 6.45) is 0.741. The van der Waals surface area contributed by atoms with Crippen molar-refractivity contribution >= 4 is 23.0 Å². The average Bonchev–Trinajstić information content (AvgIpc) is 2.84. The Kier molecular flexibility index (Phi) is 3.84. The number of carboxylic acid groups (broad SMARTS) is 1. The Hall–Kier alpha value is -2.01. The Balaban J connectivity index is 2.06. The molecule has 0 aliphatic rings. The molecule has 5 heteroatoms. The molecule has 2 aromatic rings. The van der Waals surface area contributed by atoms with Gasteiger partial charge in [-0.2, -0.15) is 0 Å². The normalized spacial score (nSPS) is 10.2. The third-order valence-corrected chi connectivity index (χ3v) is 3.39. The van der Waals surface area contributed by atoms with Gasteiger partial charge in [-0.15, -0.1) is 11.3 Å².